The summed E-state index contributed by atoms with van der Waals surface area (Å²) >= 11 is 2.95. The zero-order chi connectivity index (χ0) is 18.8. The summed E-state index contributed by atoms with van der Waals surface area (Å²) in [7, 11) is -3.47. The first-order valence-corrected chi connectivity index (χ1v) is 11.0. The fraction of sp³-hybridized carbons (Fsp3) is 0.588. The van der Waals surface area contributed by atoms with Gasteiger partial charge in [-0.25, -0.2) is 8.42 Å². The number of rotatable bonds is 6. The number of fused-ring (bicyclic) bond motifs is 1. The Balaban J connectivity index is 2.44. The molecule has 0 spiro atoms. The van der Waals surface area contributed by atoms with Gasteiger partial charge < -0.3 is 9.64 Å². The number of ether oxygens (including phenoxy) is 1. The van der Waals surface area contributed by atoms with Crippen LogP contribution >= 0.6 is 15.9 Å². The van der Waals surface area contributed by atoms with Crippen molar-refractivity contribution in [2.75, 3.05) is 27.4 Å². The number of halogens is 1. The first-order valence-electron chi connectivity index (χ1n) is 8.21. The standard InChI is InChI=1S/C17H25BrN2O4S/c1-12(2)7-8-20-14-9-13(19-25(22,23)11-18)5-6-15(14)24-10-17(3,4)16(20)21/h5-6,9,12,19H,7-8,10-11H2,1-4H3. The van der Waals surface area contributed by atoms with Gasteiger partial charge in [0, 0.05) is 6.54 Å². The van der Waals surface area contributed by atoms with Crippen molar-refractivity contribution in [1.82, 2.24) is 0 Å². The van der Waals surface area contributed by atoms with Crippen LogP contribution in [0, 0.1) is 11.3 Å². The topological polar surface area (TPSA) is 75.7 Å². The van der Waals surface area contributed by atoms with Crippen molar-refractivity contribution in [2.24, 2.45) is 11.3 Å². The number of benzene rings is 1. The molecule has 25 heavy (non-hydrogen) atoms. The average molecular weight is 433 g/mol. The molecule has 1 aromatic carbocycles. The number of nitrogens with one attached hydrogen (secondary N) is 1. The molecule has 0 bridgehead atoms. The third kappa shape index (κ3) is 4.88. The van der Waals surface area contributed by atoms with Crippen LogP contribution in [0.25, 0.3) is 0 Å². The predicted octanol–water partition coefficient (Wildman–Crippen LogP) is 3.58. The zero-order valence-corrected chi connectivity index (χ0v) is 17.4. The van der Waals surface area contributed by atoms with Gasteiger partial charge in [0.1, 0.15) is 17.0 Å². The van der Waals surface area contributed by atoms with Gasteiger partial charge in [-0.15, -0.1) is 0 Å². The van der Waals surface area contributed by atoms with Gasteiger partial charge in [0.15, 0.2) is 0 Å². The number of anilines is 2. The first kappa shape index (κ1) is 20.0. The summed E-state index contributed by atoms with van der Waals surface area (Å²) in [6, 6.07) is 5.01. The van der Waals surface area contributed by atoms with Crippen LogP contribution in [0.5, 0.6) is 5.75 Å². The molecule has 1 heterocycles. The van der Waals surface area contributed by atoms with Gasteiger partial charge in [-0.2, -0.15) is 0 Å². The Bertz CT molecular complexity index is 747. The molecule has 1 aliphatic rings. The fourth-order valence-electron chi connectivity index (χ4n) is 2.52. The molecule has 2 rings (SSSR count). The zero-order valence-electron chi connectivity index (χ0n) is 15.0. The highest BCUT2D eigenvalue weighted by Gasteiger charge is 2.37. The molecule has 0 radical (unpaired) electrons. The minimum atomic E-state index is -3.47. The van der Waals surface area contributed by atoms with E-state index >= 15 is 0 Å². The second kappa shape index (κ2) is 7.53. The molecular weight excluding hydrogens is 408 g/mol. The number of nitrogens with zero attached hydrogens (tertiary/aromatic N) is 1. The predicted molar refractivity (Wildman–Crippen MR) is 104 cm³/mol. The average Bonchev–Trinajstić information content (AvgIpc) is 2.61. The smallest absolute Gasteiger partial charge is 0.242 e. The van der Waals surface area contributed by atoms with Crippen molar-refractivity contribution in [1.29, 1.82) is 0 Å². The van der Waals surface area contributed by atoms with Crippen LogP contribution in [0.3, 0.4) is 0 Å². The lowest BCUT2D eigenvalue weighted by molar-refractivity contribution is -0.127. The third-order valence-electron chi connectivity index (χ3n) is 4.01. The summed E-state index contributed by atoms with van der Waals surface area (Å²) in [5.74, 6) is 1.01. The van der Waals surface area contributed by atoms with Crippen molar-refractivity contribution in [3.8, 4) is 5.75 Å². The molecule has 1 N–H and O–H groups in total. The largest absolute Gasteiger partial charge is 0.490 e. The molecule has 1 aromatic rings. The molecule has 0 atom stereocenters. The van der Waals surface area contributed by atoms with E-state index in [2.05, 4.69) is 34.5 Å². The van der Waals surface area contributed by atoms with E-state index in [1.54, 1.807) is 23.1 Å². The van der Waals surface area contributed by atoms with Gasteiger partial charge >= 0.3 is 0 Å². The van der Waals surface area contributed by atoms with E-state index in [9.17, 15) is 13.2 Å². The first-order chi connectivity index (χ1) is 11.6. The Morgan fingerprint density at radius 1 is 1.36 bits per heavy atom. The minimum Gasteiger partial charge on any atom is -0.490 e. The van der Waals surface area contributed by atoms with Gasteiger partial charge in [-0.3, -0.25) is 9.52 Å². The monoisotopic (exact) mass is 432 g/mol. The maximum absolute atomic E-state index is 13.0. The summed E-state index contributed by atoms with van der Waals surface area (Å²) in [5, 5.41) is 0. The van der Waals surface area contributed by atoms with Crippen LogP contribution < -0.4 is 14.4 Å². The van der Waals surface area contributed by atoms with Crippen LogP contribution in [0.1, 0.15) is 34.1 Å². The number of amides is 1. The number of hydrogen-bond donors (Lipinski definition) is 1. The SMILES string of the molecule is CC(C)CCN1C(=O)C(C)(C)COc2ccc(NS(=O)(=O)CBr)cc21. The highest BCUT2D eigenvalue weighted by atomic mass is 79.9. The Labute approximate surface area is 158 Å². The quantitative estimate of drug-likeness (QED) is 0.696. The molecule has 0 aromatic heterocycles. The maximum Gasteiger partial charge on any atom is 0.242 e. The van der Waals surface area contributed by atoms with Crippen LogP contribution in [-0.2, 0) is 14.8 Å². The van der Waals surface area contributed by atoms with E-state index < -0.39 is 15.4 Å². The van der Waals surface area contributed by atoms with E-state index in [1.165, 1.54) is 0 Å². The van der Waals surface area contributed by atoms with Crippen LogP contribution in [0.2, 0.25) is 0 Å². The molecule has 1 amide bonds. The maximum atomic E-state index is 13.0. The van der Waals surface area contributed by atoms with Crippen LogP contribution in [0.15, 0.2) is 18.2 Å². The molecule has 6 nitrogen and oxygen atoms in total. The normalized spacial score (nSPS) is 17.0. The van der Waals surface area contributed by atoms with E-state index in [0.29, 0.717) is 29.6 Å². The molecular formula is C17H25BrN2O4S. The lowest BCUT2D eigenvalue weighted by Crippen LogP contribution is -2.42. The molecule has 0 unspecified atom stereocenters. The lowest BCUT2D eigenvalue weighted by atomic mass is 9.92. The fourth-order valence-corrected chi connectivity index (χ4v) is 3.41. The Kier molecular flexibility index (Phi) is 6.04. The number of carbonyl (C=O) groups excluding carboxylic acids is 1. The Morgan fingerprint density at radius 3 is 2.64 bits per heavy atom. The molecule has 0 aliphatic carbocycles. The van der Waals surface area contributed by atoms with Crippen molar-refractivity contribution >= 4 is 43.2 Å². The highest BCUT2D eigenvalue weighted by Crippen LogP contribution is 2.38. The van der Waals surface area contributed by atoms with Crippen molar-refractivity contribution < 1.29 is 17.9 Å². The van der Waals surface area contributed by atoms with Gasteiger partial charge in [-0.1, -0.05) is 29.8 Å². The summed E-state index contributed by atoms with van der Waals surface area (Å²) in [5.41, 5.74) is 0.362. The molecule has 0 fully saturated rings. The number of carbonyl (C=O) groups is 1. The molecule has 140 valence electrons. The van der Waals surface area contributed by atoms with Crippen LogP contribution in [0.4, 0.5) is 11.4 Å². The second-order valence-electron chi connectivity index (χ2n) is 7.32. The minimum absolute atomic E-state index is 0.0209. The summed E-state index contributed by atoms with van der Waals surface area (Å²) in [6.45, 7) is 8.77. The van der Waals surface area contributed by atoms with Crippen molar-refractivity contribution in [2.45, 2.75) is 34.1 Å². The summed E-state index contributed by atoms with van der Waals surface area (Å²) in [4.78, 5) is 14.7. The van der Waals surface area contributed by atoms with Crippen LogP contribution in [-0.4, -0.2) is 32.1 Å². The lowest BCUT2D eigenvalue weighted by Gasteiger charge is -2.28. The van der Waals surface area contributed by atoms with Gasteiger partial charge in [0.05, 0.1) is 16.8 Å². The van der Waals surface area contributed by atoms with Gasteiger partial charge in [0.2, 0.25) is 15.9 Å². The summed E-state index contributed by atoms with van der Waals surface area (Å²) in [6.07, 6.45) is 0.846. The van der Waals surface area contributed by atoms with Gasteiger partial charge in [-0.05, 0) is 44.4 Å². The highest BCUT2D eigenvalue weighted by molar-refractivity contribution is 9.10. The van der Waals surface area contributed by atoms with E-state index in [-0.39, 0.29) is 17.2 Å². The van der Waals surface area contributed by atoms with E-state index in [0.717, 1.165) is 6.42 Å². The molecule has 8 heteroatoms. The third-order valence-corrected chi connectivity index (χ3v) is 6.65. The Hall–Kier alpha value is -1.28. The molecule has 0 saturated carbocycles. The number of alkyl halides is 1. The van der Waals surface area contributed by atoms with Crippen molar-refractivity contribution in [3.05, 3.63) is 18.2 Å². The molecule has 1 aliphatic heterocycles. The summed E-state index contributed by atoms with van der Waals surface area (Å²) < 4.78 is 31.7. The van der Waals surface area contributed by atoms with E-state index in [1.807, 2.05) is 13.8 Å². The van der Waals surface area contributed by atoms with Crippen molar-refractivity contribution in [3.63, 3.8) is 0 Å². The number of hydrogen-bond acceptors (Lipinski definition) is 4. The second-order valence-corrected chi connectivity index (χ2v) is 10.3. The Morgan fingerprint density at radius 2 is 2.04 bits per heavy atom. The molecule has 0 saturated heterocycles. The van der Waals surface area contributed by atoms with E-state index in [4.69, 9.17) is 4.74 Å². The van der Waals surface area contributed by atoms with Gasteiger partial charge in [0.25, 0.3) is 0 Å². The number of sulfonamides is 1.